The molecule has 0 aliphatic heterocycles. The summed E-state index contributed by atoms with van der Waals surface area (Å²) in [4.78, 5) is 21.1. The smallest absolute Gasteiger partial charge is 0.405 e. The molecule has 1 aromatic rings. The highest BCUT2D eigenvalue weighted by atomic mass is 16.6. The minimum absolute atomic E-state index is 0.104. The van der Waals surface area contributed by atoms with Gasteiger partial charge >= 0.3 is 12.1 Å². The van der Waals surface area contributed by atoms with Crippen LogP contribution in [0.3, 0.4) is 0 Å². The number of hydrogen-bond acceptors (Lipinski definition) is 5. The molecule has 142 valence electrons. The Morgan fingerprint density at radius 2 is 1.68 bits per heavy atom. The molecule has 0 aromatic heterocycles. The number of carbonyl (C=O) groups is 2. The Labute approximate surface area is 150 Å². The summed E-state index contributed by atoms with van der Waals surface area (Å²) in [5.74, 6) is 0.908. The summed E-state index contributed by atoms with van der Waals surface area (Å²) < 4.78 is 15.5. The van der Waals surface area contributed by atoms with Crippen molar-refractivity contribution in [1.82, 2.24) is 0 Å². The van der Waals surface area contributed by atoms with E-state index in [2.05, 4.69) is 4.74 Å². The van der Waals surface area contributed by atoms with Crippen molar-refractivity contribution in [2.24, 2.45) is 11.7 Å². The van der Waals surface area contributed by atoms with Gasteiger partial charge in [0.2, 0.25) is 0 Å². The Kier molecular flexibility index (Phi) is 10.3. The third kappa shape index (κ3) is 12.8. The second-order valence-electron chi connectivity index (χ2n) is 6.78. The fraction of sp³-hybridized carbons (Fsp3) is 0.579. The lowest BCUT2D eigenvalue weighted by Gasteiger charge is -2.22. The van der Waals surface area contributed by atoms with Crippen LogP contribution in [0.4, 0.5) is 4.79 Å². The number of para-hydroxylation sites is 1. The van der Waals surface area contributed by atoms with Crippen LogP contribution in [0.2, 0.25) is 0 Å². The van der Waals surface area contributed by atoms with Gasteiger partial charge in [-0.25, -0.2) is 4.79 Å². The first-order valence-corrected chi connectivity index (χ1v) is 8.41. The van der Waals surface area contributed by atoms with E-state index in [4.69, 9.17) is 15.2 Å². The van der Waals surface area contributed by atoms with Crippen molar-refractivity contribution >= 4 is 12.1 Å². The monoisotopic (exact) mass is 353 g/mol. The summed E-state index contributed by atoms with van der Waals surface area (Å²) >= 11 is 0. The van der Waals surface area contributed by atoms with E-state index < -0.39 is 11.7 Å². The van der Waals surface area contributed by atoms with Gasteiger partial charge in [0.1, 0.15) is 24.1 Å². The average molecular weight is 353 g/mol. The number of ether oxygens (including phenoxy) is 3. The third-order valence-electron chi connectivity index (χ3n) is 2.88. The number of nitrogens with two attached hydrogens (primary N) is 1. The first-order chi connectivity index (χ1) is 11.5. The fourth-order valence-corrected chi connectivity index (χ4v) is 1.62. The molecule has 25 heavy (non-hydrogen) atoms. The van der Waals surface area contributed by atoms with Crippen LogP contribution >= 0.6 is 0 Å². The molecule has 0 aliphatic carbocycles. The maximum Gasteiger partial charge on any atom is 0.405 e. The number of esters is 1. The molecule has 0 radical (unpaired) electrons. The van der Waals surface area contributed by atoms with Gasteiger partial charge in [-0.1, -0.05) is 39.0 Å². The molecule has 6 nitrogen and oxygen atoms in total. The van der Waals surface area contributed by atoms with Gasteiger partial charge < -0.3 is 19.9 Å². The topological polar surface area (TPSA) is 87.9 Å². The van der Waals surface area contributed by atoms with Crippen LogP contribution in [0.25, 0.3) is 0 Å². The molecule has 0 heterocycles. The van der Waals surface area contributed by atoms with Crippen molar-refractivity contribution in [3.05, 3.63) is 30.3 Å². The van der Waals surface area contributed by atoms with E-state index in [-0.39, 0.29) is 12.1 Å². The second-order valence-corrected chi connectivity index (χ2v) is 6.78. The molecule has 1 unspecified atom stereocenters. The first-order valence-electron chi connectivity index (χ1n) is 8.41. The van der Waals surface area contributed by atoms with Gasteiger partial charge in [-0.3, -0.25) is 4.79 Å². The van der Waals surface area contributed by atoms with Gasteiger partial charge in [-0.15, -0.1) is 0 Å². The summed E-state index contributed by atoms with van der Waals surface area (Å²) in [7, 11) is 0. The lowest BCUT2D eigenvalue weighted by Crippen LogP contribution is -2.30. The summed E-state index contributed by atoms with van der Waals surface area (Å²) in [6.45, 7) is 11.5. The number of rotatable bonds is 6. The van der Waals surface area contributed by atoms with Crippen LogP contribution in [0, 0.1) is 5.92 Å². The van der Waals surface area contributed by atoms with Gasteiger partial charge in [0.15, 0.2) is 0 Å². The van der Waals surface area contributed by atoms with Crippen LogP contribution in [-0.4, -0.2) is 30.4 Å². The molecule has 0 spiro atoms. The van der Waals surface area contributed by atoms with Crippen molar-refractivity contribution in [1.29, 1.82) is 0 Å². The predicted molar refractivity (Wildman–Crippen MR) is 97.4 cm³/mol. The molecule has 0 bridgehead atoms. The summed E-state index contributed by atoms with van der Waals surface area (Å²) in [5, 5.41) is 0. The Morgan fingerprint density at radius 3 is 2.04 bits per heavy atom. The minimum Gasteiger partial charge on any atom is -0.487 e. The number of hydrogen-bond donors (Lipinski definition) is 1. The number of primary amides is 1. The molecule has 0 fully saturated rings. The predicted octanol–water partition coefficient (Wildman–Crippen LogP) is 3.92. The van der Waals surface area contributed by atoms with Crippen LogP contribution in [-0.2, 0) is 14.3 Å². The van der Waals surface area contributed by atoms with E-state index in [1.165, 1.54) is 0 Å². The van der Waals surface area contributed by atoms with Gasteiger partial charge in [0.25, 0.3) is 0 Å². The standard InChI is InChI=1S/C14H20O3.C5H11NO2/c1-4-14(15)16-10-13(11(2)3)17-12-8-6-5-7-9-12;1-5(2,3)8-4(6)7/h5-9,11,13H,4,10H2,1-3H3;1-3H3,(H2,6,7). The van der Waals surface area contributed by atoms with Crippen molar-refractivity contribution < 1.29 is 23.8 Å². The highest BCUT2D eigenvalue weighted by Gasteiger charge is 2.17. The molecule has 0 aliphatic rings. The highest BCUT2D eigenvalue weighted by Crippen LogP contribution is 2.15. The molecule has 1 aromatic carbocycles. The third-order valence-corrected chi connectivity index (χ3v) is 2.88. The van der Waals surface area contributed by atoms with Gasteiger partial charge in [0, 0.05) is 6.42 Å². The average Bonchev–Trinajstić information content (AvgIpc) is 2.50. The van der Waals surface area contributed by atoms with E-state index in [1.54, 1.807) is 27.7 Å². The van der Waals surface area contributed by atoms with E-state index in [0.717, 1.165) is 5.75 Å². The zero-order chi connectivity index (χ0) is 19.5. The van der Waals surface area contributed by atoms with Crippen molar-refractivity contribution in [2.75, 3.05) is 6.61 Å². The molecule has 1 rings (SSSR count). The molecular formula is C19H31NO5. The molecule has 0 saturated carbocycles. The van der Waals surface area contributed by atoms with Crippen molar-refractivity contribution in [2.45, 2.75) is 59.7 Å². The summed E-state index contributed by atoms with van der Waals surface area (Å²) in [6, 6.07) is 9.58. The lowest BCUT2D eigenvalue weighted by atomic mass is 10.1. The number of carbonyl (C=O) groups excluding carboxylic acids is 2. The SMILES string of the molecule is CC(C)(C)OC(N)=O.CCC(=O)OCC(Oc1ccccc1)C(C)C. The van der Waals surface area contributed by atoms with E-state index in [9.17, 15) is 9.59 Å². The Balaban J connectivity index is 0.000000609. The maximum atomic E-state index is 11.1. The van der Waals surface area contributed by atoms with E-state index >= 15 is 0 Å². The van der Waals surface area contributed by atoms with E-state index in [1.807, 2.05) is 44.2 Å². The van der Waals surface area contributed by atoms with E-state index in [0.29, 0.717) is 18.9 Å². The molecule has 6 heteroatoms. The lowest BCUT2D eigenvalue weighted by molar-refractivity contribution is -0.146. The normalized spacial score (nSPS) is 11.8. The molecule has 2 N–H and O–H groups in total. The first kappa shape index (κ1) is 22.8. The van der Waals surface area contributed by atoms with Crippen LogP contribution in [0.1, 0.15) is 48.0 Å². The molecule has 1 atom stereocenters. The summed E-state index contributed by atoms with van der Waals surface area (Å²) in [6.07, 6.45) is -0.429. The van der Waals surface area contributed by atoms with Gasteiger partial charge in [-0.05, 0) is 38.8 Å². The number of amides is 1. The van der Waals surface area contributed by atoms with Crippen molar-refractivity contribution in [3.8, 4) is 5.75 Å². The second kappa shape index (κ2) is 11.3. The van der Waals surface area contributed by atoms with Gasteiger partial charge in [-0.2, -0.15) is 0 Å². The van der Waals surface area contributed by atoms with Crippen LogP contribution in [0.15, 0.2) is 30.3 Å². The molecule has 0 saturated heterocycles. The Bertz CT molecular complexity index is 508. The highest BCUT2D eigenvalue weighted by molar-refractivity contribution is 5.68. The quantitative estimate of drug-likeness (QED) is 0.783. The van der Waals surface area contributed by atoms with Gasteiger partial charge in [0.05, 0.1) is 0 Å². The Morgan fingerprint density at radius 1 is 1.12 bits per heavy atom. The Hall–Kier alpha value is -2.24. The zero-order valence-electron chi connectivity index (χ0n) is 16.1. The van der Waals surface area contributed by atoms with Crippen molar-refractivity contribution in [3.63, 3.8) is 0 Å². The minimum atomic E-state index is -0.725. The molecule has 1 amide bonds. The molecular weight excluding hydrogens is 322 g/mol. The number of benzene rings is 1. The summed E-state index contributed by atoms with van der Waals surface area (Å²) in [5.41, 5.74) is 4.26. The maximum absolute atomic E-state index is 11.1. The fourth-order valence-electron chi connectivity index (χ4n) is 1.62. The van der Waals surface area contributed by atoms with Crippen LogP contribution < -0.4 is 10.5 Å². The zero-order valence-corrected chi connectivity index (χ0v) is 16.1. The largest absolute Gasteiger partial charge is 0.487 e. The van der Waals surface area contributed by atoms with Crippen LogP contribution in [0.5, 0.6) is 5.75 Å².